The number of rotatable bonds is 4. The van der Waals surface area contributed by atoms with E-state index in [0.717, 1.165) is 4.90 Å². The van der Waals surface area contributed by atoms with Crippen molar-refractivity contribution in [2.75, 3.05) is 12.3 Å². The van der Waals surface area contributed by atoms with Gasteiger partial charge in [0.1, 0.15) is 17.7 Å². The van der Waals surface area contributed by atoms with E-state index in [1.165, 1.54) is 0 Å². The van der Waals surface area contributed by atoms with Gasteiger partial charge in [0.05, 0.1) is 23.9 Å². The second-order valence-corrected chi connectivity index (χ2v) is 5.94. The summed E-state index contributed by atoms with van der Waals surface area (Å²) in [4.78, 5) is 13.0. The van der Waals surface area contributed by atoms with Crippen molar-refractivity contribution in [2.24, 2.45) is 11.1 Å². The lowest BCUT2D eigenvalue weighted by molar-refractivity contribution is -0.126. The molecule has 0 aromatic heterocycles. The summed E-state index contributed by atoms with van der Waals surface area (Å²) in [5.74, 6) is -1.29. The van der Waals surface area contributed by atoms with Crippen LogP contribution < -0.4 is 5.14 Å². The Morgan fingerprint density at radius 3 is 2.40 bits per heavy atom. The predicted molar refractivity (Wildman–Crippen MR) is 66.3 cm³/mol. The highest BCUT2D eigenvalue weighted by Crippen LogP contribution is 2.26. The Balaban J connectivity index is 3.06. The fourth-order valence-corrected chi connectivity index (χ4v) is 2.91. The molecule has 1 aliphatic heterocycles. The maximum absolute atomic E-state index is 11.9. The highest BCUT2D eigenvalue weighted by Gasteiger charge is 2.34. The van der Waals surface area contributed by atoms with E-state index in [1.807, 2.05) is 0 Å². The van der Waals surface area contributed by atoms with Crippen molar-refractivity contribution in [3.63, 3.8) is 0 Å². The third-order valence-corrected chi connectivity index (χ3v) is 3.69. The molecule has 0 saturated carbocycles. The molecule has 104 valence electrons. The van der Waals surface area contributed by atoms with Crippen LogP contribution in [0.5, 0.6) is 0 Å². The molecule has 1 heterocycles. The van der Waals surface area contributed by atoms with Crippen molar-refractivity contribution in [3.8, 4) is 18.2 Å². The van der Waals surface area contributed by atoms with Crippen molar-refractivity contribution in [3.05, 3.63) is 11.3 Å². The zero-order valence-corrected chi connectivity index (χ0v) is 11.2. The molecule has 20 heavy (non-hydrogen) atoms. The highest BCUT2D eigenvalue weighted by atomic mass is 32.2. The summed E-state index contributed by atoms with van der Waals surface area (Å²) in [5.41, 5.74) is -0.310. The molecular formula is C11H11N5O3S. The SMILES string of the molecule is N#CCC(=C(C#N)C#N)N1CC(CS(N)(=O)=O)CC1=O. The average molecular weight is 293 g/mol. The number of nitrogens with zero attached hydrogens (tertiary/aromatic N) is 4. The molecule has 1 rings (SSSR count). The van der Waals surface area contributed by atoms with Crippen molar-refractivity contribution in [1.29, 1.82) is 15.8 Å². The molecular weight excluding hydrogens is 282 g/mol. The van der Waals surface area contributed by atoms with E-state index in [-0.39, 0.29) is 36.4 Å². The molecule has 1 saturated heterocycles. The number of allylic oxidation sites excluding steroid dienone is 2. The maximum atomic E-state index is 11.9. The van der Waals surface area contributed by atoms with Gasteiger partial charge < -0.3 is 4.90 Å². The van der Waals surface area contributed by atoms with Gasteiger partial charge >= 0.3 is 0 Å². The second kappa shape index (κ2) is 6.16. The Hall–Kier alpha value is -2.41. The second-order valence-electron chi connectivity index (χ2n) is 4.28. The van der Waals surface area contributed by atoms with E-state index in [4.69, 9.17) is 20.9 Å². The van der Waals surface area contributed by atoms with Crippen LogP contribution in [-0.2, 0) is 14.8 Å². The first-order valence-corrected chi connectivity index (χ1v) is 7.25. The number of carbonyl (C=O) groups is 1. The minimum absolute atomic E-state index is 0.0134. The van der Waals surface area contributed by atoms with E-state index in [2.05, 4.69) is 0 Å². The quantitative estimate of drug-likeness (QED) is 0.679. The number of sulfonamides is 1. The molecule has 0 bridgehead atoms. The lowest BCUT2D eigenvalue weighted by Gasteiger charge is -2.18. The standard InChI is InChI=1S/C11H11N5O3S/c12-2-1-10(9(4-13)5-14)16-6-8(3-11(16)17)7-20(15,18)19/h8H,1,3,6-7H2,(H2,15,18,19). The van der Waals surface area contributed by atoms with Gasteiger partial charge in [-0.15, -0.1) is 0 Å². The molecule has 1 atom stereocenters. The molecule has 0 aliphatic carbocycles. The van der Waals surface area contributed by atoms with Crippen LogP contribution in [0.4, 0.5) is 0 Å². The number of carbonyl (C=O) groups excluding carboxylic acids is 1. The van der Waals surface area contributed by atoms with Gasteiger partial charge in [0.15, 0.2) is 0 Å². The van der Waals surface area contributed by atoms with Crippen LogP contribution in [0.1, 0.15) is 12.8 Å². The molecule has 2 N–H and O–H groups in total. The number of primary sulfonamides is 1. The highest BCUT2D eigenvalue weighted by molar-refractivity contribution is 7.89. The minimum Gasteiger partial charge on any atom is -0.313 e. The van der Waals surface area contributed by atoms with Crippen LogP contribution in [0.2, 0.25) is 0 Å². The van der Waals surface area contributed by atoms with Crippen LogP contribution in [0.15, 0.2) is 11.3 Å². The first kappa shape index (κ1) is 15.6. The van der Waals surface area contributed by atoms with Gasteiger partial charge in [0, 0.05) is 18.9 Å². The van der Waals surface area contributed by atoms with Crippen LogP contribution in [0.25, 0.3) is 0 Å². The summed E-state index contributed by atoms with van der Waals surface area (Å²) in [6, 6.07) is 5.04. The van der Waals surface area contributed by atoms with Gasteiger partial charge in [-0.05, 0) is 0 Å². The third kappa shape index (κ3) is 3.79. The Kier molecular flexibility index (Phi) is 4.82. The van der Waals surface area contributed by atoms with Crippen LogP contribution in [0.3, 0.4) is 0 Å². The monoisotopic (exact) mass is 293 g/mol. The molecule has 0 spiro atoms. The summed E-state index contributed by atoms with van der Waals surface area (Å²) in [5, 5.41) is 31.3. The smallest absolute Gasteiger partial charge is 0.227 e. The molecule has 1 fully saturated rings. The van der Waals surface area contributed by atoms with E-state index in [1.54, 1.807) is 18.2 Å². The number of hydrogen-bond donors (Lipinski definition) is 1. The van der Waals surface area contributed by atoms with Crippen molar-refractivity contribution >= 4 is 15.9 Å². The van der Waals surface area contributed by atoms with Crippen molar-refractivity contribution in [1.82, 2.24) is 4.90 Å². The Morgan fingerprint density at radius 1 is 1.35 bits per heavy atom. The summed E-state index contributed by atoms with van der Waals surface area (Å²) in [6.07, 6.45) is -0.320. The molecule has 9 heteroatoms. The summed E-state index contributed by atoms with van der Waals surface area (Å²) in [6.45, 7) is 0.0269. The average Bonchev–Trinajstić information content (AvgIpc) is 2.68. The Labute approximate surface area is 116 Å². The normalized spacial score (nSPS) is 18.0. The number of likely N-dealkylation sites (tertiary alicyclic amines) is 1. The van der Waals surface area contributed by atoms with Crippen LogP contribution in [-0.4, -0.2) is 31.5 Å². The van der Waals surface area contributed by atoms with Gasteiger partial charge in [-0.25, -0.2) is 13.6 Å². The summed E-state index contributed by atoms with van der Waals surface area (Å²) < 4.78 is 22.0. The van der Waals surface area contributed by atoms with Crippen LogP contribution >= 0.6 is 0 Å². The Bertz CT molecular complexity index is 658. The molecule has 0 aromatic rings. The number of hydrogen-bond acceptors (Lipinski definition) is 6. The molecule has 1 amide bonds. The first-order chi connectivity index (χ1) is 9.32. The van der Waals surface area contributed by atoms with Gasteiger partial charge in [0.25, 0.3) is 0 Å². The first-order valence-electron chi connectivity index (χ1n) is 5.53. The molecule has 0 aromatic carbocycles. The van der Waals surface area contributed by atoms with Gasteiger partial charge in [-0.3, -0.25) is 4.79 Å². The number of nitrogens with two attached hydrogens (primary N) is 1. The van der Waals surface area contributed by atoms with Crippen molar-refractivity contribution < 1.29 is 13.2 Å². The topological polar surface area (TPSA) is 152 Å². The zero-order chi connectivity index (χ0) is 15.3. The predicted octanol–water partition coefficient (Wildman–Crippen LogP) is -0.662. The van der Waals surface area contributed by atoms with Gasteiger partial charge in [0.2, 0.25) is 15.9 Å². The summed E-state index contributed by atoms with van der Waals surface area (Å²) in [7, 11) is -3.71. The van der Waals surface area contributed by atoms with Crippen LogP contribution in [0, 0.1) is 39.9 Å². The zero-order valence-electron chi connectivity index (χ0n) is 10.4. The van der Waals surface area contributed by atoms with Gasteiger partial charge in [-0.1, -0.05) is 0 Å². The molecule has 1 aliphatic rings. The maximum Gasteiger partial charge on any atom is 0.227 e. The number of nitriles is 3. The molecule has 8 nitrogen and oxygen atoms in total. The lowest BCUT2D eigenvalue weighted by Crippen LogP contribution is -2.28. The fourth-order valence-electron chi connectivity index (χ4n) is 2.03. The van der Waals surface area contributed by atoms with E-state index < -0.39 is 21.8 Å². The lowest BCUT2D eigenvalue weighted by atomic mass is 10.1. The minimum atomic E-state index is -3.71. The fraction of sp³-hybridized carbons (Fsp3) is 0.455. The Morgan fingerprint density at radius 2 is 1.95 bits per heavy atom. The van der Waals surface area contributed by atoms with E-state index in [0.29, 0.717) is 0 Å². The number of amides is 1. The van der Waals surface area contributed by atoms with E-state index >= 15 is 0 Å². The third-order valence-electron chi connectivity index (χ3n) is 2.76. The largest absolute Gasteiger partial charge is 0.313 e. The van der Waals surface area contributed by atoms with Crippen molar-refractivity contribution in [2.45, 2.75) is 12.8 Å². The molecule has 1 unspecified atom stereocenters. The molecule has 0 radical (unpaired) electrons. The summed E-state index contributed by atoms with van der Waals surface area (Å²) >= 11 is 0. The van der Waals surface area contributed by atoms with Gasteiger partial charge in [-0.2, -0.15) is 15.8 Å². The van der Waals surface area contributed by atoms with E-state index in [9.17, 15) is 13.2 Å².